The van der Waals surface area contributed by atoms with Crippen molar-refractivity contribution in [3.8, 4) is 0 Å². The van der Waals surface area contributed by atoms with E-state index in [1.807, 2.05) is 13.8 Å². The minimum absolute atomic E-state index is 0.194. The molecule has 1 heterocycles. The Morgan fingerprint density at radius 3 is 2.67 bits per heavy atom. The Bertz CT molecular complexity index is 613. The number of carbonyl (C=O) groups is 1. The lowest BCUT2D eigenvalue weighted by Gasteiger charge is -2.33. The van der Waals surface area contributed by atoms with E-state index in [0.717, 1.165) is 0 Å². The maximum absolute atomic E-state index is 14.3. The van der Waals surface area contributed by atoms with Gasteiger partial charge in [-0.2, -0.15) is 0 Å². The summed E-state index contributed by atoms with van der Waals surface area (Å²) in [5, 5.41) is 0. The molecule has 0 fully saturated rings. The summed E-state index contributed by atoms with van der Waals surface area (Å²) in [4.78, 5) is 15.7. The highest BCUT2D eigenvalue weighted by atomic mass is 19.1. The first-order valence-electron chi connectivity index (χ1n) is 6.71. The molecule has 0 spiro atoms. The number of aliphatic imine (C=N–C) groups is 1. The standard InChI is InChI=1S/C15H20FN3O2/c1-14(2)8-15(3,19-12(17)7-21-14)10-6-9(13(18)20)4-5-11(10)16/h4-6H,7-8H2,1-3H3,(H2,17,19)(H2,18,20)/t15-/m0/s1. The minimum atomic E-state index is -0.917. The van der Waals surface area contributed by atoms with E-state index in [1.54, 1.807) is 6.92 Å². The number of benzene rings is 1. The monoisotopic (exact) mass is 293 g/mol. The van der Waals surface area contributed by atoms with Crippen LogP contribution in [-0.4, -0.2) is 24.0 Å². The Labute approximate surface area is 123 Å². The average Bonchev–Trinajstić information content (AvgIpc) is 2.45. The molecule has 6 heteroatoms. The molecule has 0 aliphatic carbocycles. The molecule has 0 saturated heterocycles. The summed E-state index contributed by atoms with van der Waals surface area (Å²) in [6.45, 7) is 5.77. The van der Waals surface area contributed by atoms with Gasteiger partial charge in [-0.05, 0) is 39.0 Å². The average molecular weight is 293 g/mol. The van der Waals surface area contributed by atoms with Crippen molar-refractivity contribution in [3.63, 3.8) is 0 Å². The van der Waals surface area contributed by atoms with Gasteiger partial charge in [0.25, 0.3) is 0 Å². The molecule has 0 radical (unpaired) electrons. The van der Waals surface area contributed by atoms with Crippen molar-refractivity contribution in [1.82, 2.24) is 0 Å². The first kappa shape index (κ1) is 15.4. The van der Waals surface area contributed by atoms with Crippen LogP contribution in [0.25, 0.3) is 0 Å². The maximum atomic E-state index is 14.3. The predicted octanol–water partition coefficient (Wildman–Crippen LogP) is 1.70. The normalized spacial score (nSPS) is 25.0. The zero-order valence-corrected chi connectivity index (χ0v) is 12.4. The largest absolute Gasteiger partial charge is 0.386 e. The summed E-state index contributed by atoms with van der Waals surface area (Å²) in [7, 11) is 0. The molecule has 0 unspecified atom stereocenters. The second-order valence-corrected chi connectivity index (χ2v) is 6.16. The van der Waals surface area contributed by atoms with Crippen LogP contribution in [0.4, 0.5) is 4.39 Å². The Morgan fingerprint density at radius 1 is 1.38 bits per heavy atom. The van der Waals surface area contributed by atoms with Crippen LogP contribution < -0.4 is 11.5 Å². The highest BCUT2D eigenvalue weighted by molar-refractivity contribution is 5.93. The second kappa shape index (κ2) is 5.11. The Morgan fingerprint density at radius 2 is 2.05 bits per heavy atom. The van der Waals surface area contributed by atoms with Gasteiger partial charge in [-0.3, -0.25) is 9.79 Å². The molecule has 1 aliphatic rings. The number of halogens is 1. The summed E-state index contributed by atoms with van der Waals surface area (Å²) in [5.74, 6) is -0.760. The lowest BCUT2D eigenvalue weighted by Crippen LogP contribution is -2.33. The molecule has 2 rings (SSSR count). The van der Waals surface area contributed by atoms with E-state index in [4.69, 9.17) is 16.2 Å². The van der Waals surface area contributed by atoms with Crippen LogP contribution in [0.15, 0.2) is 23.2 Å². The van der Waals surface area contributed by atoms with Crippen molar-refractivity contribution in [3.05, 3.63) is 35.1 Å². The summed E-state index contributed by atoms with van der Waals surface area (Å²) >= 11 is 0. The molecule has 1 amide bonds. The number of nitrogens with two attached hydrogens (primary N) is 2. The topological polar surface area (TPSA) is 90.7 Å². The molecule has 114 valence electrons. The summed E-state index contributed by atoms with van der Waals surface area (Å²) in [6.07, 6.45) is 0.430. The van der Waals surface area contributed by atoms with Gasteiger partial charge in [-0.15, -0.1) is 0 Å². The van der Waals surface area contributed by atoms with Crippen LogP contribution >= 0.6 is 0 Å². The minimum Gasteiger partial charge on any atom is -0.386 e. The van der Waals surface area contributed by atoms with E-state index in [9.17, 15) is 9.18 Å². The van der Waals surface area contributed by atoms with Crippen LogP contribution in [0.3, 0.4) is 0 Å². The first-order valence-corrected chi connectivity index (χ1v) is 6.71. The summed E-state index contributed by atoms with van der Waals surface area (Å²) in [6, 6.07) is 4.02. The fourth-order valence-electron chi connectivity index (χ4n) is 2.78. The molecule has 1 aromatic rings. The number of hydrogen-bond acceptors (Lipinski definition) is 4. The van der Waals surface area contributed by atoms with Gasteiger partial charge in [0.05, 0.1) is 11.1 Å². The number of hydrogen-bond donors (Lipinski definition) is 2. The summed E-state index contributed by atoms with van der Waals surface area (Å²) < 4.78 is 19.9. The van der Waals surface area contributed by atoms with Crippen LogP contribution in [0, 0.1) is 5.82 Å². The van der Waals surface area contributed by atoms with Crippen LogP contribution in [-0.2, 0) is 10.3 Å². The van der Waals surface area contributed by atoms with Gasteiger partial charge in [0, 0.05) is 17.5 Å². The third kappa shape index (κ3) is 3.21. The van der Waals surface area contributed by atoms with Gasteiger partial charge in [0.1, 0.15) is 18.3 Å². The molecule has 4 N–H and O–H groups in total. The molecule has 5 nitrogen and oxygen atoms in total. The van der Waals surface area contributed by atoms with Crippen LogP contribution in [0.2, 0.25) is 0 Å². The third-order valence-corrected chi connectivity index (χ3v) is 3.60. The molecule has 0 saturated carbocycles. The highest BCUT2D eigenvalue weighted by Crippen LogP contribution is 2.38. The number of amides is 1. The smallest absolute Gasteiger partial charge is 0.248 e. The first-order chi connectivity index (χ1) is 9.63. The van der Waals surface area contributed by atoms with Crippen molar-refractivity contribution in [2.75, 3.05) is 6.61 Å². The van der Waals surface area contributed by atoms with Crippen LogP contribution in [0.1, 0.15) is 43.1 Å². The third-order valence-electron chi connectivity index (χ3n) is 3.60. The number of nitrogens with zero attached hydrogens (tertiary/aromatic N) is 1. The van der Waals surface area contributed by atoms with Gasteiger partial charge in [-0.1, -0.05) is 0 Å². The summed E-state index contributed by atoms with van der Waals surface area (Å²) in [5.41, 5.74) is 10.2. The number of rotatable bonds is 2. The van der Waals surface area contributed by atoms with E-state index in [1.165, 1.54) is 18.2 Å². The fraction of sp³-hybridized carbons (Fsp3) is 0.467. The quantitative estimate of drug-likeness (QED) is 0.869. The van der Waals surface area contributed by atoms with Crippen LogP contribution in [0.5, 0.6) is 0 Å². The molecular formula is C15H20FN3O2. The SMILES string of the molecule is CC1(C)C[C@@](C)(c2cc(C(N)=O)ccc2F)N=C(N)CO1. The zero-order chi connectivity index (χ0) is 15.8. The van der Waals surface area contributed by atoms with Gasteiger partial charge in [-0.25, -0.2) is 4.39 Å². The highest BCUT2D eigenvalue weighted by Gasteiger charge is 2.39. The Kier molecular flexibility index (Phi) is 3.76. The van der Waals surface area contributed by atoms with Gasteiger partial charge in [0.2, 0.25) is 5.91 Å². The van der Waals surface area contributed by atoms with Gasteiger partial charge >= 0.3 is 0 Å². The van der Waals surface area contributed by atoms with Crippen molar-refractivity contribution >= 4 is 11.7 Å². The van der Waals surface area contributed by atoms with Crippen molar-refractivity contribution in [1.29, 1.82) is 0 Å². The van der Waals surface area contributed by atoms with E-state index in [-0.39, 0.29) is 12.2 Å². The van der Waals surface area contributed by atoms with E-state index < -0.39 is 22.9 Å². The molecule has 21 heavy (non-hydrogen) atoms. The van der Waals surface area contributed by atoms with Gasteiger partial charge in [0.15, 0.2) is 0 Å². The maximum Gasteiger partial charge on any atom is 0.248 e. The predicted molar refractivity (Wildman–Crippen MR) is 78.5 cm³/mol. The molecule has 0 bridgehead atoms. The van der Waals surface area contributed by atoms with E-state index >= 15 is 0 Å². The number of primary amides is 1. The molecular weight excluding hydrogens is 273 g/mol. The molecule has 1 aromatic carbocycles. The number of carbonyl (C=O) groups excluding carboxylic acids is 1. The van der Waals surface area contributed by atoms with Crippen molar-refractivity contribution in [2.45, 2.75) is 38.3 Å². The second-order valence-electron chi connectivity index (χ2n) is 6.16. The van der Waals surface area contributed by atoms with Crippen molar-refractivity contribution in [2.24, 2.45) is 16.5 Å². The van der Waals surface area contributed by atoms with Gasteiger partial charge < -0.3 is 16.2 Å². The van der Waals surface area contributed by atoms with Crippen molar-refractivity contribution < 1.29 is 13.9 Å². The molecule has 1 aliphatic heterocycles. The van der Waals surface area contributed by atoms with E-state index in [0.29, 0.717) is 17.8 Å². The number of amidine groups is 1. The fourth-order valence-corrected chi connectivity index (χ4v) is 2.78. The van der Waals surface area contributed by atoms with E-state index in [2.05, 4.69) is 4.99 Å². The lowest BCUT2D eigenvalue weighted by atomic mass is 9.81. The Balaban J connectivity index is 2.58. The number of ether oxygens (including phenoxy) is 1. The zero-order valence-electron chi connectivity index (χ0n) is 12.4. The molecule has 0 aromatic heterocycles. The lowest BCUT2D eigenvalue weighted by molar-refractivity contribution is -0.0105. The molecule has 1 atom stereocenters. The Hall–Kier alpha value is -1.95.